The Morgan fingerprint density at radius 2 is 1.77 bits per heavy atom. The molecule has 1 aromatic carbocycles. The Kier molecular flexibility index (Phi) is 6.90. The molecular formula is C27H31N5O3. The molecule has 0 saturated carbocycles. The van der Waals surface area contributed by atoms with Crippen LogP contribution in [0.25, 0.3) is 0 Å². The fourth-order valence-corrected chi connectivity index (χ4v) is 4.62. The molecule has 2 aromatic heterocycles. The van der Waals surface area contributed by atoms with Crippen LogP contribution in [0.1, 0.15) is 46.2 Å². The lowest BCUT2D eigenvalue weighted by Crippen LogP contribution is -2.39. The monoisotopic (exact) mass is 473 g/mol. The van der Waals surface area contributed by atoms with Crippen LogP contribution in [-0.4, -0.2) is 65.2 Å². The summed E-state index contributed by atoms with van der Waals surface area (Å²) in [6, 6.07) is 13.5. The molecule has 2 aliphatic rings. The molecule has 0 unspecified atom stereocenters. The second-order valence-corrected chi connectivity index (χ2v) is 9.14. The quantitative estimate of drug-likeness (QED) is 0.551. The van der Waals surface area contributed by atoms with Crippen LogP contribution in [0.3, 0.4) is 0 Å². The summed E-state index contributed by atoms with van der Waals surface area (Å²) < 4.78 is 11.5. The summed E-state index contributed by atoms with van der Waals surface area (Å²) in [7, 11) is 0. The molecule has 2 saturated heterocycles. The fourth-order valence-electron chi connectivity index (χ4n) is 4.62. The zero-order chi connectivity index (χ0) is 24.2. The summed E-state index contributed by atoms with van der Waals surface area (Å²) in [5, 5.41) is 0. The highest BCUT2D eigenvalue weighted by Gasteiger charge is 2.27. The molecule has 8 heteroatoms. The number of carbonyl (C=O) groups is 1. The molecule has 1 amide bonds. The smallest absolute Gasteiger partial charge is 0.254 e. The van der Waals surface area contributed by atoms with Crippen molar-refractivity contribution >= 4 is 11.7 Å². The standard InChI is InChI=1S/C27H31N5O3/c1-19-5-3-4-6-23(19)35-25-17-20(2)29-26(30-25)21-8-11-32(12-9-21)27(33)22-7-10-28-24(18-22)31-13-15-34-16-14-31/h3-7,10,17-18,21H,8-9,11-16H2,1-2H3. The number of pyridine rings is 1. The third kappa shape index (κ3) is 5.43. The van der Waals surface area contributed by atoms with Crippen LogP contribution in [0.2, 0.25) is 0 Å². The van der Waals surface area contributed by atoms with Gasteiger partial charge in [0, 0.05) is 55.6 Å². The van der Waals surface area contributed by atoms with Crippen LogP contribution in [0, 0.1) is 13.8 Å². The molecule has 2 fully saturated rings. The number of aromatic nitrogens is 3. The number of hydrogen-bond acceptors (Lipinski definition) is 7. The Morgan fingerprint density at radius 1 is 1.00 bits per heavy atom. The first-order valence-electron chi connectivity index (χ1n) is 12.2. The SMILES string of the molecule is Cc1cc(Oc2ccccc2C)nc(C2CCN(C(=O)c3ccnc(N4CCOCC4)c3)CC2)n1. The zero-order valence-electron chi connectivity index (χ0n) is 20.3. The maximum absolute atomic E-state index is 13.2. The van der Waals surface area contributed by atoms with Gasteiger partial charge in [0.2, 0.25) is 5.88 Å². The summed E-state index contributed by atoms with van der Waals surface area (Å²) in [5.41, 5.74) is 2.62. The number of aryl methyl sites for hydroxylation is 2. The molecule has 0 N–H and O–H groups in total. The second kappa shape index (κ2) is 10.4. The van der Waals surface area contributed by atoms with Gasteiger partial charge >= 0.3 is 0 Å². The number of rotatable bonds is 5. The Morgan fingerprint density at radius 3 is 2.54 bits per heavy atom. The first-order valence-corrected chi connectivity index (χ1v) is 12.2. The molecule has 8 nitrogen and oxygen atoms in total. The van der Waals surface area contributed by atoms with Crippen LogP contribution < -0.4 is 9.64 Å². The van der Waals surface area contributed by atoms with Crippen LogP contribution in [-0.2, 0) is 4.74 Å². The van der Waals surface area contributed by atoms with Gasteiger partial charge in [0.15, 0.2) is 0 Å². The number of ether oxygens (including phenoxy) is 2. The molecule has 0 aliphatic carbocycles. The van der Waals surface area contributed by atoms with E-state index in [-0.39, 0.29) is 11.8 Å². The van der Waals surface area contributed by atoms with E-state index < -0.39 is 0 Å². The number of amides is 1. The third-order valence-electron chi connectivity index (χ3n) is 6.63. The minimum absolute atomic E-state index is 0.0501. The van der Waals surface area contributed by atoms with Crippen LogP contribution in [0.15, 0.2) is 48.7 Å². The van der Waals surface area contributed by atoms with E-state index in [1.807, 2.05) is 55.1 Å². The molecular weight excluding hydrogens is 442 g/mol. The van der Waals surface area contributed by atoms with Crippen LogP contribution in [0.5, 0.6) is 11.6 Å². The maximum atomic E-state index is 13.2. The summed E-state index contributed by atoms with van der Waals surface area (Å²) in [6.45, 7) is 8.28. The average molecular weight is 474 g/mol. The normalized spacial score (nSPS) is 16.9. The van der Waals surface area contributed by atoms with E-state index >= 15 is 0 Å². The molecule has 35 heavy (non-hydrogen) atoms. The van der Waals surface area contributed by atoms with Crippen molar-refractivity contribution in [1.29, 1.82) is 0 Å². The van der Waals surface area contributed by atoms with Gasteiger partial charge in [-0.15, -0.1) is 0 Å². The van der Waals surface area contributed by atoms with Gasteiger partial charge in [-0.1, -0.05) is 18.2 Å². The lowest BCUT2D eigenvalue weighted by molar-refractivity contribution is 0.0710. The minimum Gasteiger partial charge on any atom is -0.439 e. The highest BCUT2D eigenvalue weighted by molar-refractivity contribution is 5.95. The Labute approximate surface area is 205 Å². The van der Waals surface area contributed by atoms with E-state index in [1.54, 1.807) is 12.3 Å². The van der Waals surface area contributed by atoms with Crippen molar-refractivity contribution < 1.29 is 14.3 Å². The Bertz CT molecular complexity index is 1190. The van der Waals surface area contributed by atoms with Gasteiger partial charge in [-0.25, -0.2) is 9.97 Å². The molecule has 4 heterocycles. The number of anilines is 1. The number of piperidine rings is 1. The van der Waals surface area contributed by atoms with Gasteiger partial charge in [0.25, 0.3) is 5.91 Å². The van der Waals surface area contributed by atoms with Crippen molar-refractivity contribution in [2.45, 2.75) is 32.6 Å². The highest BCUT2D eigenvalue weighted by atomic mass is 16.5. The second-order valence-electron chi connectivity index (χ2n) is 9.14. The van der Waals surface area contributed by atoms with E-state index in [0.29, 0.717) is 37.7 Å². The van der Waals surface area contributed by atoms with E-state index in [0.717, 1.165) is 54.6 Å². The summed E-state index contributed by atoms with van der Waals surface area (Å²) in [4.78, 5) is 31.2. The van der Waals surface area contributed by atoms with E-state index in [4.69, 9.17) is 19.4 Å². The molecule has 3 aromatic rings. The molecule has 2 aliphatic heterocycles. The number of nitrogens with zero attached hydrogens (tertiary/aromatic N) is 5. The van der Waals surface area contributed by atoms with Gasteiger partial charge in [0.05, 0.1) is 13.2 Å². The number of carbonyl (C=O) groups excluding carboxylic acids is 1. The van der Waals surface area contributed by atoms with Crippen molar-refractivity contribution in [1.82, 2.24) is 19.9 Å². The first kappa shape index (κ1) is 23.2. The molecule has 5 rings (SSSR count). The van der Waals surface area contributed by atoms with Crippen LogP contribution in [0.4, 0.5) is 5.82 Å². The summed E-state index contributed by atoms with van der Waals surface area (Å²) >= 11 is 0. The van der Waals surface area contributed by atoms with E-state index in [2.05, 4.69) is 9.88 Å². The number of morpholine rings is 1. The van der Waals surface area contributed by atoms with Gasteiger partial charge < -0.3 is 19.3 Å². The van der Waals surface area contributed by atoms with Crippen molar-refractivity contribution in [3.63, 3.8) is 0 Å². The fraction of sp³-hybridized carbons (Fsp3) is 0.407. The molecule has 182 valence electrons. The summed E-state index contributed by atoms with van der Waals surface area (Å²) in [5.74, 6) is 3.23. The van der Waals surface area contributed by atoms with Crippen molar-refractivity contribution in [3.8, 4) is 11.6 Å². The highest BCUT2D eigenvalue weighted by Crippen LogP contribution is 2.30. The first-order chi connectivity index (χ1) is 17.1. The number of benzene rings is 1. The minimum atomic E-state index is 0.0501. The zero-order valence-corrected chi connectivity index (χ0v) is 20.3. The number of para-hydroxylation sites is 1. The van der Waals surface area contributed by atoms with Crippen molar-refractivity contribution in [3.05, 3.63) is 71.3 Å². The Balaban J connectivity index is 1.24. The number of likely N-dealkylation sites (tertiary alicyclic amines) is 1. The molecule has 0 radical (unpaired) electrons. The van der Waals surface area contributed by atoms with Gasteiger partial charge in [-0.3, -0.25) is 4.79 Å². The van der Waals surface area contributed by atoms with Crippen molar-refractivity contribution in [2.24, 2.45) is 0 Å². The van der Waals surface area contributed by atoms with Gasteiger partial charge in [-0.2, -0.15) is 4.98 Å². The van der Waals surface area contributed by atoms with Gasteiger partial charge in [-0.05, 0) is 50.5 Å². The topological polar surface area (TPSA) is 80.7 Å². The third-order valence-corrected chi connectivity index (χ3v) is 6.63. The molecule has 0 bridgehead atoms. The van der Waals surface area contributed by atoms with E-state index in [1.165, 1.54) is 0 Å². The lowest BCUT2D eigenvalue weighted by atomic mass is 9.95. The summed E-state index contributed by atoms with van der Waals surface area (Å²) in [6.07, 6.45) is 3.36. The van der Waals surface area contributed by atoms with E-state index in [9.17, 15) is 4.79 Å². The predicted molar refractivity (Wildman–Crippen MR) is 133 cm³/mol. The Hall–Kier alpha value is -3.52. The number of hydrogen-bond donors (Lipinski definition) is 0. The van der Waals surface area contributed by atoms with Crippen molar-refractivity contribution in [2.75, 3.05) is 44.3 Å². The van der Waals surface area contributed by atoms with Gasteiger partial charge in [0.1, 0.15) is 17.4 Å². The average Bonchev–Trinajstić information content (AvgIpc) is 2.90. The maximum Gasteiger partial charge on any atom is 0.254 e. The van der Waals surface area contributed by atoms with Crippen LogP contribution >= 0.6 is 0 Å². The predicted octanol–water partition coefficient (Wildman–Crippen LogP) is 4.14. The lowest BCUT2D eigenvalue weighted by Gasteiger charge is -2.32. The molecule has 0 spiro atoms. The molecule has 0 atom stereocenters. The largest absolute Gasteiger partial charge is 0.439 e.